The molecule has 1 aliphatic heterocycles. The molecule has 3 rings (SSSR count). The zero-order chi connectivity index (χ0) is 16.2. The fourth-order valence-electron chi connectivity index (χ4n) is 2.63. The van der Waals surface area contributed by atoms with Crippen LogP contribution in [0.5, 0.6) is 5.75 Å². The largest absolute Gasteiger partial charge is 0.487 e. The van der Waals surface area contributed by atoms with Crippen LogP contribution >= 0.6 is 11.6 Å². The molecular formula is C17H16ClFN2O2. The number of halogens is 2. The Labute approximate surface area is 138 Å². The number of nitrogens with zero attached hydrogens (tertiary/aromatic N) is 2. The topological polar surface area (TPSA) is 42.4 Å². The van der Waals surface area contributed by atoms with Crippen LogP contribution in [0.1, 0.15) is 23.2 Å². The first-order valence-corrected chi connectivity index (χ1v) is 7.82. The van der Waals surface area contributed by atoms with Gasteiger partial charge in [-0.3, -0.25) is 9.78 Å². The van der Waals surface area contributed by atoms with E-state index < -0.39 is 0 Å². The summed E-state index contributed by atoms with van der Waals surface area (Å²) in [6.07, 6.45) is 4.73. The van der Waals surface area contributed by atoms with Gasteiger partial charge in [-0.15, -0.1) is 0 Å². The predicted octanol–water partition coefficient (Wildman–Crippen LogP) is 3.56. The van der Waals surface area contributed by atoms with E-state index in [1.165, 1.54) is 30.5 Å². The number of carbonyl (C=O) groups excluding carboxylic acids is 1. The number of amides is 1. The maximum absolute atomic E-state index is 13.0. The normalized spacial score (nSPS) is 17.8. The lowest BCUT2D eigenvalue weighted by molar-refractivity contribution is 0.0538. The molecule has 6 heteroatoms. The second-order valence-corrected chi connectivity index (χ2v) is 5.85. The van der Waals surface area contributed by atoms with Crippen LogP contribution in [-0.2, 0) is 0 Å². The third-order valence-corrected chi connectivity index (χ3v) is 4.07. The molecule has 1 aromatic carbocycles. The monoisotopic (exact) mass is 334 g/mol. The van der Waals surface area contributed by atoms with Gasteiger partial charge in [-0.2, -0.15) is 0 Å². The Morgan fingerprint density at radius 3 is 2.83 bits per heavy atom. The lowest BCUT2D eigenvalue weighted by Crippen LogP contribution is -2.44. The Bertz CT molecular complexity index is 693. The molecule has 0 radical (unpaired) electrons. The van der Waals surface area contributed by atoms with E-state index >= 15 is 0 Å². The second-order valence-electron chi connectivity index (χ2n) is 5.45. The molecule has 1 aliphatic rings. The number of hydrogen-bond acceptors (Lipinski definition) is 3. The van der Waals surface area contributed by atoms with Crippen LogP contribution in [0.3, 0.4) is 0 Å². The van der Waals surface area contributed by atoms with Crippen molar-refractivity contribution in [2.24, 2.45) is 0 Å². The summed E-state index contributed by atoms with van der Waals surface area (Å²) in [4.78, 5) is 18.1. The summed E-state index contributed by atoms with van der Waals surface area (Å²) in [7, 11) is 0. The smallest absolute Gasteiger partial charge is 0.253 e. The molecule has 0 N–H and O–H groups in total. The predicted molar refractivity (Wildman–Crippen MR) is 85.2 cm³/mol. The highest BCUT2D eigenvalue weighted by Gasteiger charge is 2.26. The molecule has 0 aliphatic carbocycles. The van der Waals surface area contributed by atoms with Crippen LogP contribution in [0.15, 0.2) is 42.7 Å². The van der Waals surface area contributed by atoms with Crippen molar-refractivity contribution >= 4 is 17.5 Å². The number of carbonyl (C=O) groups is 1. The number of ether oxygens (including phenoxy) is 1. The van der Waals surface area contributed by atoms with Gasteiger partial charge in [0.15, 0.2) is 0 Å². The number of pyridine rings is 1. The van der Waals surface area contributed by atoms with Crippen molar-refractivity contribution in [2.45, 2.75) is 18.9 Å². The summed E-state index contributed by atoms with van der Waals surface area (Å²) in [5.74, 6) is 0.107. The van der Waals surface area contributed by atoms with Gasteiger partial charge in [-0.1, -0.05) is 11.6 Å². The molecule has 2 heterocycles. The Morgan fingerprint density at radius 1 is 1.30 bits per heavy atom. The molecule has 1 fully saturated rings. The van der Waals surface area contributed by atoms with Gasteiger partial charge >= 0.3 is 0 Å². The molecule has 0 spiro atoms. The average molecular weight is 335 g/mol. The van der Waals surface area contributed by atoms with Crippen LogP contribution < -0.4 is 4.74 Å². The van der Waals surface area contributed by atoms with Crippen molar-refractivity contribution in [2.75, 3.05) is 13.1 Å². The van der Waals surface area contributed by atoms with E-state index in [1.54, 1.807) is 17.2 Å². The van der Waals surface area contributed by atoms with E-state index in [1.807, 2.05) is 0 Å². The summed E-state index contributed by atoms with van der Waals surface area (Å²) in [6, 6.07) is 7.30. The van der Waals surface area contributed by atoms with Crippen molar-refractivity contribution in [1.29, 1.82) is 0 Å². The van der Waals surface area contributed by atoms with E-state index in [9.17, 15) is 9.18 Å². The van der Waals surface area contributed by atoms with Crippen molar-refractivity contribution in [3.63, 3.8) is 0 Å². The Kier molecular flexibility index (Phi) is 4.76. The highest BCUT2D eigenvalue weighted by atomic mass is 35.5. The van der Waals surface area contributed by atoms with E-state index in [-0.39, 0.29) is 17.8 Å². The molecule has 0 bridgehead atoms. The fourth-order valence-corrected chi connectivity index (χ4v) is 2.80. The fraction of sp³-hybridized carbons (Fsp3) is 0.294. The maximum atomic E-state index is 13.0. The Balaban J connectivity index is 1.67. The molecule has 1 aromatic heterocycles. The highest BCUT2D eigenvalue weighted by molar-refractivity contribution is 6.31. The molecule has 4 nitrogen and oxygen atoms in total. The van der Waals surface area contributed by atoms with E-state index in [2.05, 4.69) is 4.98 Å². The quantitative estimate of drug-likeness (QED) is 0.862. The Morgan fingerprint density at radius 2 is 2.09 bits per heavy atom. The number of hydrogen-bond donors (Lipinski definition) is 0. The van der Waals surface area contributed by atoms with E-state index in [0.717, 1.165) is 12.8 Å². The average Bonchev–Trinajstić information content (AvgIpc) is 2.57. The standard InChI is InChI=1S/C17H16ClFN2O2/c18-15-10-20-8-7-16(15)23-14-2-1-9-21(11-14)17(22)12-3-5-13(19)6-4-12/h3-8,10,14H,1-2,9,11H2/t14-/m1/s1. The van der Waals surface area contributed by atoms with Crippen molar-refractivity contribution in [1.82, 2.24) is 9.88 Å². The molecule has 1 saturated heterocycles. The zero-order valence-corrected chi connectivity index (χ0v) is 13.2. The van der Waals surface area contributed by atoms with Gasteiger partial charge in [0.25, 0.3) is 5.91 Å². The minimum atomic E-state index is -0.353. The van der Waals surface area contributed by atoms with Gasteiger partial charge in [0, 0.05) is 30.6 Å². The van der Waals surface area contributed by atoms with Crippen LogP contribution in [-0.4, -0.2) is 35.0 Å². The van der Waals surface area contributed by atoms with Crippen molar-refractivity contribution in [3.05, 3.63) is 59.1 Å². The second kappa shape index (κ2) is 6.96. The molecule has 0 saturated carbocycles. The molecule has 23 heavy (non-hydrogen) atoms. The van der Waals surface area contributed by atoms with Gasteiger partial charge in [0.1, 0.15) is 22.7 Å². The third-order valence-electron chi connectivity index (χ3n) is 3.79. The van der Waals surface area contributed by atoms with Gasteiger partial charge in [-0.25, -0.2) is 4.39 Å². The molecule has 0 unspecified atom stereocenters. The zero-order valence-electron chi connectivity index (χ0n) is 12.4. The number of aromatic nitrogens is 1. The SMILES string of the molecule is O=C(c1ccc(F)cc1)N1CCC[C@@H](Oc2ccncc2Cl)C1. The number of likely N-dealkylation sites (tertiary alicyclic amines) is 1. The first-order valence-electron chi connectivity index (χ1n) is 7.44. The van der Waals surface area contributed by atoms with Crippen LogP contribution in [0, 0.1) is 5.82 Å². The molecule has 120 valence electrons. The summed E-state index contributed by atoms with van der Waals surface area (Å²) >= 11 is 6.05. The molecule has 1 atom stereocenters. The lowest BCUT2D eigenvalue weighted by Gasteiger charge is -2.33. The number of piperidine rings is 1. The minimum Gasteiger partial charge on any atom is -0.487 e. The van der Waals surface area contributed by atoms with Crippen molar-refractivity contribution < 1.29 is 13.9 Å². The van der Waals surface area contributed by atoms with Gasteiger partial charge in [0.2, 0.25) is 0 Å². The van der Waals surface area contributed by atoms with Crippen molar-refractivity contribution in [3.8, 4) is 5.75 Å². The van der Waals surface area contributed by atoms with Gasteiger partial charge in [0.05, 0.1) is 6.54 Å². The number of benzene rings is 1. The van der Waals surface area contributed by atoms with E-state index in [4.69, 9.17) is 16.3 Å². The first kappa shape index (κ1) is 15.7. The molecule has 2 aromatic rings. The first-order chi connectivity index (χ1) is 11.1. The van der Waals surface area contributed by atoms with Gasteiger partial charge < -0.3 is 9.64 Å². The van der Waals surface area contributed by atoms with Crippen LogP contribution in [0.2, 0.25) is 5.02 Å². The summed E-state index contributed by atoms with van der Waals surface area (Å²) in [5, 5.41) is 0.453. The molecule has 1 amide bonds. The number of rotatable bonds is 3. The Hall–Kier alpha value is -2.14. The van der Waals surface area contributed by atoms with E-state index in [0.29, 0.717) is 29.4 Å². The highest BCUT2D eigenvalue weighted by Crippen LogP contribution is 2.26. The summed E-state index contributed by atoms with van der Waals surface area (Å²) in [6.45, 7) is 1.15. The summed E-state index contributed by atoms with van der Waals surface area (Å²) < 4.78 is 18.9. The lowest BCUT2D eigenvalue weighted by atomic mass is 10.1. The third kappa shape index (κ3) is 3.79. The van der Waals surface area contributed by atoms with Gasteiger partial charge in [-0.05, 0) is 37.1 Å². The maximum Gasteiger partial charge on any atom is 0.253 e. The van der Waals surface area contributed by atoms with Crippen LogP contribution in [0.4, 0.5) is 4.39 Å². The summed E-state index contributed by atoms with van der Waals surface area (Å²) in [5.41, 5.74) is 0.481. The van der Waals surface area contributed by atoms with Crippen LogP contribution in [0.25, 0.3) is 0 Å². The molecular weight excluding hydrogens is 319 g/mol. The minimum absolute atomic E-state index is 0.112.